The number of benzene rings is 2. The SMILES string of the molecule is CCC[C@H]1CO[C@H](c2ccc(-c3ccc(CC)cc3)cc2)CO1. The maximum absolute atomic E-state index is 5.98. The van der Waals surface area contributed by atoms with Crippen molar-refractivity contribution in [1.82, 2.24) is 0 Å². The summed E-state index contributed by atoms with van der Waals surface area (Å²) in [6.45, 7) is 5.73. The first kappa shape index (κ1) is 16.2. The summed E-state index contributed by atoms with van der Waals surface area (Å²) in [4.78, 5) is 0. The largest absolute Gasteiger partial charge is 0.373 e. The van der Waals surface area contributed by atoms with E-state index in [-0.39, 0.29) is 12.2 Å². The first-order chi connectivity index (χ1) is 11.3. The lowest BCUT2D eigenvalue weighted by Crippen LogP contribution is -2.30. The summed E-state index contributed by atoms with van der Waals surface area (Å²) in [5.41, 5.74) is 5.09. The Morgan fingerprint density at radius 3 is 2.00 bits per heavy atom. The van der Waals surface area contributed by atoms with Crippen LogP contribution in [0.5, 0.6) is 0 Å². The van der Waals surface area contributed by atoms with E-state index < -0.39 is 0 Å². The predicted octanol–water partition coefficient (Wildman–Crippen LogP) is 5.17. The van der Waals surface area contributed by atoms with Crippen molar-refractivity contribution < 1.29 is 9.47 Å². The highest BCUT2D eigenvalue weighted by atomic mass is 16.6. The molecule has 1 heterocycles. The fourth-order valence-corrected chi connectivity index (χ4v) is 3.05. The van der Waals surface area contributed by atoms with Crippen molar-refractivity contribution in [2.75, 3.05) is 13.2 Å². The van der Waals surface area contributed by atoms with Crippen molar-refractivity contribution >= 4 is 0 Å². The Morgan fingerprint density at radius 1 is 0.826 bits per heavy atom. The Hall–Kier alpha value is -1.64. The summed E-state index contributed by atoms with van der Waals surface area (Å²) in [5.74, 6) is 0. The van der Waals surface area contributed by atoms with Gasteiger partial charge in [0.05, 0.1) is 19.3 Å². The van der Waals surface area contributed by atoms with Gasteiger partial charge >= 0.3 is 0 Å². The van der Waals surface area contributed by atoms with Crippen LogP contribution in [0.4, 0.5) is 0 Å². The van der Waals surface area contributed by atoms with Crippen LogP contribution in [-0.4, -0.2) is 19.3 Å². The van der Waals surface area contributed by atoms with E-state index in [1.165, 1.54) is 22.3 Å². The van der Waals surface area contributed by atoms with Crippen molar-refractivity contribution in [1.29, 1.82) is 0 Å². The molecule has 23 heavy (non-hydrogen) atoms. The molecule has 3 rings (SSSR count). The predicted molar refractivity (Wildman–Crippen MR) is 94.6 cm³/mol. The van der Waals surface area contributed by atoms with Gasteiger partial charge in [0.1, 0.15) is 6.10 Å². The molecule has 0 spiro atoms. The lowest BCUT2D eigenvalue weighted by atomic mass is 10.00. The quantitative estimate of drug-likeness (QED) is 0.758. The molecule has 1 fully saturated rings. The smallest absolute Gasteiger partial charge is 0.106 e. The second kappa shape index (κ2) is 7.76. The van der Waals surface area contributed by atoms with E-state index in [1.54, 1.807) is 0 Å². The van der Waals surface area contributed by atoms with Gasteiger partial charge in [0.2, 0.25) is 0 Å². The van der Waals surface area contributed by atoms with Gasteiger partial charge in [-0.05, 0) is 35.1 Å². The van der Waals surface area contributed by atoms with E-state index in [4.69, 9.17) is 9.47 Å². The molecule has 0 bridgehead atoms. The highest BCUT2D eigenvalue weighted by Crippen LogP contribution is 2.27. The maximum atomic E-state index is 5.98. The Kier molecular flexibility index (Phi) is 5.47. The molecule has 1 aliphatic rings. The third kappa shape index (κ3) is 4.01. The minimum absolute atomic E-state index is 0.0691. The zero-order valence-electron chi connectivity index (χ0n) is 14.1. The van der Waals surface area contributed by atoms with Gasteiger partial charge in [-0.2, -0.15) is 0 Å². The van der Waals surface area contributed by atoms with Gasteiger partial charge in [-0.3, -0.25) is 0 Å². The van der Waals surface area contributed by atoms with E-state index in [9.17, 15) is 0 Å². The number of hydrogen-bond donors (Lipinski definition) is 0. The molecule has 2 aromatic carbocycles. The monoisotopic (exact) mass is 310 g/mol. The van der Waals surface area contributed by atoms with E-state index in [2.05, 4.69) is 62.4 Å². The Balaban J connectivity index is 1.65. The maximum Gasteiger partial charge on any atom is 0.106 e. The van der Waals surface area contributed by atoms with Crippen LogP contribution in [0.3, 0.4) is 0 Å². The Morgan fingerprint density at radius 2 is 1.48 bits per heavy atom. The molecule has 0 radical (unpaired) electrons. The van der Waals surface area contributed by atoms with E-state index in [0.717, 1.165) is 19.3 Å². The molecule has 2 atom stereocenters. The van der Waals surface area contributed by atoms with Crippen LogP contribution in [0.1, 0.15) is 43.9 Å². The van der Waals surface area contributed by atoms with Crippen LogP contribution in [0.15, 0.2) is 48.5 Å². The van der Waals surface area contributed by atoms with Crippen molar-refractivity contribution in [3.8, 4) is 11.1 Å². The summed E-state index contributed by atoms with van der Waals surface area (Å²) in [6.07, 6.45) is 3.65. The molecule has 2 heteroatoms. The summed E-state index contributed by atoms with van der Waals surface area (Å²) >= 11 is 0. The molecule has 0 saturated carbocycles. The van der Waals surface area contributed by atoms with E-state index >= 15 is 0 Å². The van der Waals surface area contributed by atoms with Crippen LogP contribution >= 0.6 is 0 Å². The summed E-state index contributed by atoms with van der Waals surface area (Å²) in [7, 11) is 0. The minimum Gasteiger partial charge on any atom is -0.373 e. The number of hydrogen-bond acceptors (Lipinski definition) is 2. The van der Waals surface area contributed by atoms with Gasteiger partial charge in [0.15, 0.2) is 0 Å². The number of ether oxygens (including phenoxy) is 2. The zero-order valence-corrected chi connectivity index (χ0v) is 14.1. The van der Waals surface area contributed by atoms with Crippen molar-refractivity contribution in [3.05, 3.63) is 59.7 Å². The molecule has 2 nitrogen and oxygen atoms in total. The van der Waals surface area contributed by atoms with Gasteiger partial charge < -0.3 is 9.47 Å². The topological polar surface area (TPSA) is 18.5 Å². The second-order valence-corrected chi connectivity index (χ2v) is 6.24. The molecule has 0 unspecified atom stereocenters. The zero-order chi connectivity index (χ0) is 16.1. The van der Waals surface area contributed by atoms with Gasteiger partial charge in [-0.25, -0.2) is 0 Å². The molecule has 0 N–H and O–H groups in total. The third-order valence-corrected chi connectivity index (χ3v) is 4.56. The van der Waals surface area contributed by atoms with Crippen LogP contribution in [0.2, 0.25) is 0 Å². The second-order valence-electron chi connectivity index (χ2n) is 6.24. The van der Waals surface area contributed by atoms with E-state index in [0.29, 0.717) is 13.2 Å². The summed E-state index contributed by atoms with van der Waals surface area (Å²) in [6, 6.07) is 17.5. The Bertz CT molecular complexity index is 593. The minimum atomic E-state index is 0.0691. The average molecular weight is 310 g/mol. The van der Waals surface area contributed by atoms with Crippen LogP contribution in [0.25, 0.3) is 11.1 Å². The summed E-state index contributed by atoms with van der Waals surface area (Å²) < 4.78 is 11.9. The average Bonchev–Trinajstić information content (AvgIpc) is 2.63. The van der Waals surface area contributed by atoms with Crippen LogP contribution in [0, 0.1) is 0 Å². The number of rotatable bonds is 5. The lowest BCUT2D eigenvalue weighted by molar-refractivity contribution is -0.137. The van der Waals surface area contributed by atoms with Gasteiger partial charge in [0, 0.05) is 0 Å². The van der Waals surface area contributed by atoms with Crippen molar-refractivity contribution in [2.45, 2.75) is 45.3 Å². The third-order valence-electron chi connectivity index (χ3n) is 4.56. The van der Waals surface area contributed by atoms with Crippen LogP contribution in [-0.2, 0) is 15.9 Å². The van der Waals surface area contributed by atoms with Crippen molar-refractivity contribution in [3.63, 3.8) is 0 Å². The van der Waals surface area contributed by atoms with E-state index in [1.807, 2.05) is 0 Å². The van der Waals surface area contributed by atoms with Crippen molar-refractivity contribution in [2.24, 2.45) is 0 Å². The molecule has 2 aromatic rings. The molecule has 0 aliphatic carbocycles. The molecule has 1 saturated heterocycles. The molecule has 0 amide bonds. The highest BCUT2D eigenvalue weighted by molar-refractivity contribution is 5.64. The summed E-state index contributed by atoms with van der Waals surface area (Å²) in [5, 5.41) is 0. The fraction of sp³-hybridized carbons (Fsp3) is 0.429. The van der Waals surface area contributed by atoms with Gasteiger partial charge in [0.25, 0.3) is 0 Å². The molecule has 122 valence electrons. The normalized spacial score (nSPS) is 21.3. The highest BCUT2D eigenvalue weighted by Gasteiger charge is 2.22. The van der Waals surface area contributed by atoms with Gasteiger partial charge in [-0.1, -0.05) is 68.8 Å². The van der Waals surface area contributed by atoms with Crippen LogP contribution < -0.4 is 0 Å². The molecular formula is C21H26O2. The number of aryl methyl sites for hydroxylation is 1. The fourth-order valence-electron chi connectivity index (χ4n) is 3.05. The van der Waals surface area contributed by atoms with Gasteiger partial charge in [-0.15, -0.1) is 0 Å². The Labute approximate surface area is 139 Å². The standard InChI is InChI=1S/C21H26O2/c1-3-5-20-14-23-21(15-22-20)19-12-10-18(11-13-19)17-8-6-16(4-2)7-9-17/h6-13,20-21H,3-5,14-15H2,1-2H3/t20-,21-/m0/s1. The lowest BCUT2D eigenvalue weighted by Gasteiger charge is -2.29. The molecule has 1 aliphatic heterocycles. The first-order valence-corrected chi connectivity index (χ1v) is 8.72. The first-order valence-electron chi connectivity index (χ1n) is 8.72. The molecular weight excluding hydrogens is 284 g/mol. The molecule has 0 aromatic heterocycles.